The average Bonchev–Trinajstić information content (AvgIpc) is 2.85. The van der Waals surface area contributed by atoms with Crippen LogP contribution in [0.15, 0.2) is 54.6 Å². The molecule has 0 aromatic heterocycles. The number of ether oxygens (including phenoxy) is 1. The summed E-state index contributed by atoms with van der Waals surface area (Å²) in [5.41, 5.74) is 1.66. The van der Waals surface area contributed by atoms with E-state index in [0.29, 0.717) is 12.1 Å². The average molecular weight is 526 g/mol. The number of carbonyl (C=O) groups is 3. The molecular weight excluding hydrogens is 482 g/mol. The smallest absolute Gasteiger partial charge is 0.408 e. The van der Waals surface area contributed by atoms with Crippen LogP contribution in [-0.4, -0.2) is 59.3 Å². The summed E-state index contributed by atoms with van der Waals surface area (Å²) in [7, 11) is 0. The predicted octanol–water partition coefficient (Wildman–Crippen LogP) is 4.30. The Hall–Kier alpha value is -3.39. The fourth-order valence-corrected chi connectivity index (χ4v) is 4.17. The number of alkyl carbamates (subject to hydrolysis) is 1. The van der Waals surface area contributed by atoms with Gasteiger partial charge in [0, 0.05) is 19.5 Å². The highest BCUT2D eigenvalue weighted by Crippen LogP contribution is 2.24. The summed E-state index contributed by atoms with van der Waals surface area (Å²) in [6.45, 7) is 9.30. The van der Waals surface area contributed by atoms with Crippen LogP contribution >= 0.6 is 0 Å². The highest BCUT2D eigenvalue weighted by Gasteiger charge is 2.36. The Kier molecular flexibility index (Phi) is 12.3. The molecule has 8 nitrogen and oxygen atoms in total. The Morgan fingerprint density at radius 1 is 1.03 bits per heavy atom. The summed E-state index contributed by atoms with van der Waals surface area (Å²) in [4.78, 5) is 41.7. The van der Waals surface area contributed by atoms with E-state index in [2.05, 4.69) is 17.6 Å². The number of unbranched alkanes of at least 4 members (excludes halogenated alkanes) is 2. The SMILES string of the molecule is CCCCCNC(=O)C(c1cccc(C)c1)N(CCO)C(=O)C(Cc1ccccc1)NC(=O)OC(C)(C)C. The number of nitrogens with zero attached hydrogens (tertiary/aromatic N) is 1. The molecule has 0 bridgehead atoms. The number of aliphatic hydroxyl groups is 1. The number of aryl methyl sites for hydroxylation is 1. The van der Waals surface area contributed by atoms with Crippen molar-refractivity contribution in [3.05, 3.63) is 71.3 Å². The summed E-state index contributed by atoms with van der Waals surface area (Å²) < 4.78 is 5.43. The number of nitrogens with one attached hydrogen (secondary N) is 2. The van der Waals surface area contributed by atoms with Gasteiger partial charge in [0.05, 0.1) is 6.61 Å². The quantitative estimate of drug-likeness (QED) is 0.338. The fourth-order valence-electron chi connectivity index (χ4n) is 4.17. The standard InChI is InChI=1S/C30H43N3O5/c1-6-7-11-17-31-27(35)26(24-16-12-13-22(2)20-24)33(18-19-34)28(36)25(21-23-14-9-8-10-15-23)32-29(37)38-30(3,4)5/h8-10,12-16,20,25-26,34H,6-7,11,17-19,21H2,1-5H3,(H,31,35)(H,32,37). The van der Waals surface area contributed by atoms with Crippen LogP contribution in [0.3, 0.4) is 0 Å². The molecule has 2 atom stereocenters. The normalized spacial score (nSPS) is 12.8. The first-order valence-corrected chi connectivity index (χ1v) is 13.3. The molecule has 3 amide bonds. The molecule has 0 saturated heterocycles. The number of aliphatic hydroxyl groups excluding tert-OH is 1. The first-order chi connectivity index (χ1) is 18.1. The van der Waals surface area contributed by atoms with E-state index in [1.807, 2.05) is 55.5 Å². The van der Waals surface area contributed by atoms with Crippen LogP contribution in [0.2, 0.25) is 0 Å². The number of carbonyl (C=O) groups excluding carboxylic acids is 3. The van der Waals surface area contributed by atoms with Crippen LogP contribution in [0.1, 0.15) is 69.7 Å². The van der Waals surface area contributed by atoms with Crippen molar-refractivity contribution in [2.45, 2.75) is 78.0 Å². The largest absolute Gasteiger partial charge is 0.444 e. The van der Waals surface area contributed by atoms with Gasteiger partial charge in [-0.2, -0.15) is 0 Å². The zero-order chi connectivity index (χ0) is 28.1. The highest BCUT2D eigenvalue weighted by molar-refractivity contribution is 5.92. The predicted molar refractivity (Wildman–Crippen MR) is 149 cm³/mol. The third kappa shape index (κ3) is 10.2. The van der Waals surface area contributed by atoms with Gasteiger partial charge in [0.1, 0.15) is 17.7 Å². The van der Waals surface area contributed by atoms with E-state index >= 15 is 0 Å². The van der Waals surface area contributed by atoms with E-state index in [0.717, 1.165) is 30.4 Å². The number of benzene rings is 2. The molecule has 0 spiro atoms. The number of amides is 3. The first kappa shape index (κ1) is 30.8. The van der Waals surface area contributed by atoms with Crippen LogP contribution in [0.4, 0.5) is 4.79 Å². The van der Waals surface area contributed by atoms with Crippen LogP contribution < -0.4 is 10.6 Å². The molecule has 2 aromatic carbocycles. The first-order valence-electron chi connectivity index (χ1n) is 13.3. The van der Waals surface area contributed by atoms with E-state index in [1.54, 1.807) is 26.8 Å². The third-order valence-corrected chi connectivity index (χ3v) is 5.89. The van der Waals surface area contributed by atoms with Crippen LogP contribution in [0, 0.1) is 6.92 Å². The monoisotopic (exact) mass is 525 g/mol. The number of hydrogen-bond donors (Lipinski definition) is 3. The summed E-state index contributed by atoms with van der Waals surface area (Å²) in [6, 6.07) is 14.7. The lowest BCUT2D eigenvalue weighted by molar-refractivity contribution is -0.143. The van der Waals surface area contributed by atoms with Gasteiger partial charge >= 0.3 is 6.09 Å². The zero-order valence-electron chi connectivity index (χ0n) is 23.3. The van der Waals surface area contributed by atoms with E-state index in [1.165, 1.54) is 4.90 Å². The van der Waals surface area contributed by atoms with Gasteiger partial charge in [-0.15, -0.1) is 0 Å². The van der Waals surface area contributed by atoms with Crippen molar-refractivity contribution >= 4 is 17.9 Å². The molecule has 3 N–H and O–H groups in total. The van der Waals surface area contributed by atoms with Crippen molar-refractivity contribution in [2.75, 3.05) is 19.7 Å². The van der Waals surface area contributed by atoms with E-state index in [4.69, 9.17) is 4.74 Å². The lowest BCUT2D eigenvalue weighted by Gasteiger charge is -2.34. The minimum absolute atomic E-state index is 0.0822. The Balaban J connectivity index is 2.45. The van der Waals surface area contributed by atoms with Crippen LogP contribution in [-0.2, 0) is 20.7 Å². The molecule has 8 heteroatoms. The second-order valence-corrected chi connectivity index (χ2v) is 10.5. The molecule has 2 aromatic rings. The minimum Gasteiger partial charge on any atom is -0.444 e. The number of hydrogen-bond acceptors (Lipinski definition) is 5. The van der Waals surface area contributed by atoms with Gasteiger partial charge in [0.15, 0.2) is 0 Å². The molecule has 2 rings (SSSR count). The minimum atomic E-state index is -1.01. The highest BCUT2D eigenvalue weighted by atomic mass is 16.6. The van der Waals surface area contributed by atoms with Crippen molar-refractivity contribution in [3.63, 3.8) is 0 Å². The van der Waals surface area contributed by atoms with Crippen molar-refractivity contribution in [1.82, 2.24) is 15.5 Å². The summed E-state index contributed by atoms with van der Waals surface area (Å²) in [5.74, 6) is -0.812. The maximum Gasteiger partial charge on any atom is 0.408 e. The van der Waals surface area contributed by atoms with Gasteiger partial charge in [-0.3, -0.25) is 9.59 Å². The molecule has 0 radical (unpaired) electrons. The van der Waals surface area contributed by atoms with Gasteiger partial charge in [-0.1, -0.05) is 79.9 Å². The van der Waals surface area contributed by atoms with E-state index in [-0.39, 0.29) is 25.5 Å². The van der Waals surface area contributed by atoms with Crippen LogP contribution in [0.25, 0.3) is 0 Å². The van der Waals surface area contributed by atoms with Crippen LogP contribution in [0.5, 0.6) is 0 Å². The fraction of sp³-hybridized carbons (Fsp3) is 0.500. The molecule has 0 heterocycles. The Bertz CT molecular complexity index is 1040. The molecule has 38 heavy (non-hydrogen) atoms. The summed E-state index contributed by atoms with van der Waals surface area (Å²) in [6.07, 6.45) is 2.29. The van der Waals surface area contributed by atoms with Gasteiger partial charge in [-0.25, -0.2) is 4.79 Å². The van der Waals surface area contributed by atoms with E-state index in [9.17, 15) is 19.5 Å². The topological polar surface area (TPSA) is 108 Å². The molecular formula is C30H43N3O5. The maximum atomic E-state index is 14.1. The molecule has 208 valence electrons. The number of rotatable bonds is 13. The lowest BCUT2D eigenvalue weighted by Crippen LogP contribution is -2.54. The Morgan fingerprint density at radius 2 is 1.74 bits per heavy atom. The van der Waals surface area contributed by atoms with Gasteiger partial charge in [0.2, 0.25) is 11.8 Å². The lowest BCUT2D eigenvalue weighted by atomic mass is 9.99. The van der Waals surface area contributed by atoms with Gasteiger partial charge in [-0.05, 0) is 45.2 Å². The summed E-state index contributed by atoms with van der Waals surface area (Å²) >= 11 is 0. The van der Waals surface area contributed by atoms with Gasteiger partial charge in [0.25, 0.3) is 0 Å². The second-order valence-electron chi connectivity index (χ2n) is 10.5. The molecule has 2 unspecified atom stereocenters. The zero-order valence-corrected chi connectivity index (χ0v) is 23.3. The Labute approximate surface area is 226 Å². The molecule has 0 saturated carbocycles. The second kappa shape index (κ2) is 15.1. The van der Waals surface area contributed by atoms with E-state index < -0.39 is 29.7 Å². The molecule has 0 aliphatic carbocycles. The van der Waals surface area contributed by atoms with Crippen molar-refractivity contribution in [3.8, 4) is 0 Å². The van der Waals surface area contributed by atoms with Gasteiger partial charge < -0.3 is 25.4 Å². The molecule has 0 fully saturated rings. The van der Waals surface area contributed by atoms with Crippen molar-refractivity contribution in [2.24, 2.45) is 0 Å². The molecule has 0 aliphatic rings. The summed E-state index contributed by atoms with van der Waals surface area (Å²) in [5, 5.41) is 15.6. The third-order valence-electron chi connectivity index (χ3n) is 5.89. The van der Waals surface area contributed by atoms with Crippen molar-refractivity contribution in [1.29, 1.82) is 0 Å². The Morgan fingerprint density at radius 3 is 2.34 bits per heavy atom. The maximum absolute atomic E-state index is 14.1. The molecule has 0 aliphatic heterocycles. The van der Waals surface area contributed by atoms with Crippen molar-refractivity contribution < 1.29 is 24.2 Å².